The summed E-state index contributed by atoms with van der Waals surface area (Å²) in [4.78, 5) is 0. The van der Waals surface area contributed by atoms with Gasteiger partial charge in [0.15, 0.2) is 0 Å². The number of aromatic hydroxyl groups is 1. The van der Waals surface area contributed by atoms with Crippen LogP contribution in [-0.4, -0.2) is 15.8 Å². The molecule has 0 unspecified atom stereocenters. The molecule has 1 aromatic rings. The molecule has 2 N–H and O–H groups in total. The van der Waals surface area contributed by atoms with Crippen molar-refractivity contribution >= 4 is 0 Å². The van der Waals surface area contributed by atoms with Crippen LogP contribution in [0.5, 0.6) is 5.75 Å². The van der Waals surface area contributed by atoms with E-state index in [9.17, 15) is 9.50 Å². The Balaban J connectivity index is 2.23. The van der Waals surface area contributed by atoms with Crippen LogP contribution in [0.1, 0.15) is 18.4 Å². The van der Waals surface area contributed by atoms with Crippen molar-refractivity contribution < 1.29 is 14.6 Å². The highest BCUT2D eigenvalue weighted by atomic mass is 19.1. The van der Waals surface area contributed by atoms with E-state index in [4.69, 9.17) is 5.11 Å². The molecule has 0 atom stereocenters. The smallest absolute Gasteiger partial charge is 0.126 e. The Kier molecular flexibility index (Phi) is 1.77. The van der Waals surface area contributed by atoms with Crippen LogP contribution in [0.15, 0.2) is 18.2 Å². The third kappa shape index (κ3) is 1.80. The molecule has 1 aliphatic carbocycles. The summed E-state index contributed by atoms with van der Waals surface area (Å²) in [5.74, 6) is -0.321. The van der Waals surface area contributed by atoms with Crippen molar-refractivity contribution in [2.75, 3.05) is 0 Å². The average molecular weight is 182 g/mol. The molecular weight excluding hydrogens is 171 g/mol. The molecule has 13 heavy (non-hydrogen) atoms. The Bertz CT molecular complexity index is 332. The van der Waals surface area contributed by atoms with Crippen molar-refractivity contribution in [1.29, 1.82) is 0 Å². The van der Waals surface area contributed by atoms with E-state index in [0.29, 0.717) is 12.0 Å². The van der Waals surface area contributed by atoms with Gasteiger partial charge in [-0.15, -0.1) is 0 Å². The monoisotopic (exact) mass is 182 g/mol. The van der Waals surface area contributed by atoms with E-state index in [1.165, 1.54) is 18.2 Å². The fraction of sp³-hybridized carbons (Fsp3) is 0.400. The lowest BCUT2D eigenvalue weighted by Crippen LogP contribution is -2.11. The number of hydrogen-bond acceptors (Lipinski definition) is 2. The number of benzene rings is 1. The maximum atomic E-state index is 13.1. The van der Waals surface area contributed by atoms with Gasteiger partial charge in [-0.2, -0.15) is 0 Å². The van der Waals surface area contributed by atoms with Crippen molar-refractivity contribution in [2.45, 2.75) is 24.9 Å². The molecule has 0 spiro atoms. The third-order valence-electron chi connectivity index (χ3n) is 2.38. The first kappa shape index (κ1) is 8.51. The van der Waals surface area contributed by atoms with E-state index in [0.717, 1.165) is 12.8 Å². The minimum absolute atomic E-state index is 0.0423. The lowest BCUT2D eigenvalue weighted by molar-refractivity contribution is 0.149. The molecule has 0 aromatic heterocycles. The molecular formula is C10H11FO2. The lowest BCUT2D eigenvalue weighted by atomic mass is 10.1. The molecule has 3 heteroatoms. The van der Waals surface area contributed by atoms with E-state index in [-0.39, 0.29) is 11.6 Å². The van der Waals surface area contributed by atoms with Gasteiger partial charge < -0.3 is 10.2 Å². The van der Waals surface area contributed by atoms with Gasteiger partial charge in [0.1, 0.15) is 11.6 Å². The van der Waals surface area contributed by atoms with Crippen molar-refractivity contribution in [3.8, 4) is 5.75 Å². The molecule has 2 rings (SSSR count). The summed E-state index contributed by atoms with van der Waals surface area (Å²) < 4.78 is 13.1. The first-order valence-electron chi connectivity index (χ1n) is 4.29. The van der Waals surface area contributed by atoms with Gasteiger partial charge >= 0.3 is 0 Å². The predicted molar refractivity (Wildman–Crippen MR) is 46.0 cm³/mol. The van der Waals surface area contributed by atoms with Crippen LogP contribution in [0, 0.1) is 5.82 Å². The first-order valence-corrected chi connectivity index (χ1v) is 4.29. The molecule has 2 nitrogen and oxygen atoms in total. The van der Waals surface area contributed by atoms with Gasteiger partial charge in [0.2, 0.25) is 0 Å². The van der Waals surface area contributed by atoms with Gasteiger partial charge in [0, 0.05) is 6.42 Å². The fourth-order valence-electron chi connectivity index (χ4n) is 1.37. The highest BCUT2D eigenvalue weighted by Crippen LogP contribution is 2.39. The van der Waals surface area contributed by atoms with E-state index in [1.807, 2.05) is 0 Å². The molecule has 0 amide bonds. The summed E-state index contributed by atoms with van der Waals surface area (Å²) in [5.41, 5.74) is -0.325. The standard InChI is InChI=1S/C10H11FO2/c11-9-2-1-8(12)5-7(9)6-10(13)3-4-10/h1-2,5,12-13H,3-4,6H2. The van der Waals surface area contributed by atoms with Gasteiger partial charge in [0.05, 0.1) is 5.60 Å². The zero-order valence-corrected chi connectivity index (χ0v) is 7.13. The fourth-order valence-corrected chi connectivity index (χ4v) is 1.37. The van der Waals surface area contributed by atoms with Gasteiger partial charge in [-0.3, -0.25) is 0 Å². The summed E-state index contributed by atoms with van der Waals surface area (Å²) in [7, 11) is 0. The second kappa shape index (κ2) is 2.70. The molecule has 1 fully saturated rings. The summed E-state index contributed by atoms with van der Waals surface area (Å²) in [6.07, 6.45) is 1.75. The van der Waals surface area contributed by atoms with E-state index in [2.05, 4.69) is 0 Å². The number of halogens is 1. The zero-order chi connectivity index (χ0) is 9.47. The number of hydrogen-bond donors (Lipinski definition) is 2. The molecule has 0 radical (unpaired) electrons. The van der Waals surface area contributed by atoms with E-state index in [1.54, 1.807) is 0 Å². The van der Waals surface area contributed by atoms with Crippen LogP contribution in [-0.2, 0) is 6.42 Å². The Hall–Kier alpha value is -1.09. The number of phenolic OH excluding ortho intramolecular Hbond substituents is 1. The molecule has 1 aliphatic rings. The lowest BCUT2D eigenvalue weighted by Gasteiger charge is -2.08. The molecule has 0 saturated heterocycles. The summed E-state index contributed by atoms with van der Waals surface area (Å²) in [6.45, 7) is 0. The Morgan fingerprint density at radius 2 is 2.08 bits per heavy atom. The van der Waals surface area contributed by atoms with Crippen molar-refractivity contribution in [3.63, 3.8) is 0 Å². The third-order valence-corrected chi connectivity index (χ3v) is 2.38. The van der Waals surface area contributed by atoms with Crippen LogP contribution >= 0.6 is 0 Å². The SMILES string of the molecule is Oc1ccc(F)c(CC2(O)CC2)c1. The molecule has 0 aliphatic heterocycles. The van der Waals surface area contributed by atoms with Crippen molar-refractivity contribution in [2.24, 2.45) is 0 Å². The second-order valence-corrected chi connectivity index (χ2v) is 3.68. The normalized spacial score (nSPS) is 18.6. The summed E-state index contributed by atoms with van der Waals surface area (Å²) in [5, 5.41) is 18.7. The molecule has 1 saturated carbocycles. The quantitative estimate of drug-likeness (QED) is 0.729. The van der Waals surface area contributed by atoms with Gasteiger partial charge in [-0.05, 0) is 36.6 Å². The minimum Gasteiger partial charge on any atom is -0.508 e. The van der Waals surface area contributed by atoms with Gasteiger partial charge in [0.25, 0.3) is 0 Å². The van der Waals surface area contributed by atoms with Crippen LogP contribution in [0.2, 0.25) is 0 Å². The summed E-state index contributed by atoms with van der Waals surface area (Å²) in [6, 6.07) is 3.89. The largest absolute Gasteiger partial charge is 0.508 e. The van der Waals surface area contributed by atoms with Crippen LogP contribution in [0.4, 0.5) is 4.39 Å². The van der Waals surface area contributed by atoms with Crippen molar-refractivity contribution in [3.05, 3.63) is 29.6 Å². The highest BCUT2D eigenvalue weighted by Gasteiger charge is 2.40. The maximum absolute atomic E-state index is 13.1. The summed E-state index contributed by atoms with van der Waals surface area (Å²) >= 11 is 0. The maximum Gasteiger partial charge on any atom is 0.126 e. The Labute approximate surface area is 75.6 Å². The first-order chi connectivity index (χ1) is 6.09. The predicted octanol–water partition coefficient (Wildman–Crippen LogP) is 1.60. The van der Waals surface area contributed by atoms with Crippen LogP contribution < -0.4 is 0 Å². The number of phenols is 1. The topological polar surface area (TPSA) is 40.5 Å². The Morgan fingerprint density at radius 1 is 1.38 bits per heavy atom. The van der Waals surface area contributed by atoms with Gasteiger partial charge in [-0.1, -0.05) is 0 Å². The highest BCUT2D eigenvalue weighted by molar-refractivity contribution is 5.30. The Morgan fingerprint density at radius 3 is 2.69 bits per heavy atom. The molecule has 0 heterocycles. The molecule has 70 valence electrons. The molecule has 0 bridgehead atoms. The van der Waals surface area contributed by atoms with E-state index >= 15 is 0 Å². The second-order valence-electron chi connectivity index (χ2n) is 3.68. The van der Waals surface area contributed by atoms with Gasteiger partial charge in [-0.25, -0.2) is 4.39 Å². The zero-order valence-electron chi connectivity index (χ0n) is 7.13. The average Bonchev–Trinajstić information content (AvgIpc) is 2.76. The molecule has 1 aromatic carbocycles. The number of aliphatic hydroxyl groups is 1. The number of rotatable bonds is 2. The van der Waals surface area contributed by atoms with Crippen LogP contribution in [0.3, 0.4) is 0 Å². The van der Waals surface area contributed by atoms with Crippen LogP contribution in [0.25, 0.3) is 0 Å². The van der Waals surface area contributed by atoms with Crippen molar-refractivity contribution in [1.82, 2.24) is 0 Å². The van der Waals surface area contributed by atoms with E-state index < -0.39 is 5.60 Å². The minimum atomic E-state index is -0.714.